The van der Waals surface area contributed by atoms with Crippen LogP contribution in [0.5, 0.6) is 0 Å². The molecular weight excluding hydrogens is 259 g/mol. The Morgan fingerprint density at radius 3 is 2.56 bits per heavy atom. The summed E-state index contributed by atoms with van der Waals surface area (Å²) in [5.74, 6) is 0. The SMILES string of the molecule is CC(NC=S)c1cccc(C(F)(F)F)c1Cl. The van der Waals surface area contributed by atoms with Gasteiger partial charge in [-0.2, -0.15) is 13.2 Å². The molecule has 0 heterocycles. The molecule has 1 nitrogen and oxygen atoms in total. The van der Waals surface area contributed by atoms with Crippen molar-refractivity contribution in [3.05, 3.63) is 34.3 Å². The maximum Gasteiger partial charge on any atom is 0.417 e. The highest BCUT2D eigenvalue weighted by Crippen LogP contribution is 2.37. The molecule has 0 amide bonds. The van der Waals surface area contributed by atoms with Gasteiger partial charge in [-0.25, -0.2) is 0 Å². The van der Waals surface area contributed by atoms with Crippen molar-refractivity contribution in [3.63, 3.8) is 0 Å². The second kappa shape index (κ2) is 5.01. The van der Waals surface area contributed by atoms with Crippen molar-refractivity contribution in [1.29, 1.82) is 0 Å². The number of thiocarbonyl (C=S) groups is 1. The van der Waals surface area contributed by atoms with Gasteiger partial charge in [0.1, 0.15) is 0 Å². The summed E-state index contributed by atoms with van der Waals surface area (Å²) in [7, 11) is 0. The monoisotopic (exact) mass is 267 g/mol. The lowest BCUT2D eigenvalue weighted by molar-refractivity contribution is -0.137. The van der Waals surface area contributed by atoms with Crippen LogP contribution in [0.25, 0.3) is 0 Å². The maximum atomic E-state index is 12.5. The predicted molar refractivity (Wildman–Crippen MR) is 61.7 cm³/mol. The van der Waals surface area contributed by atoms with E-state index in [1.807, 2.05) is 0 Å². The summed E-state index contributed by atoms with van der Waals surface area (Å²) in [6.07, 6.45) is -4.44. The average Bonchev–Trinajstić information content (AvgIpc) is 2.16. The van der Waals surface area contributed by atoms with Gasteiger partial charge in [0.2, 0.25) is 0 Å². The normalized spacial score (nSPS) is 13.3. The molecule has 1 aromatic carbocycles. The molecule has 0 saturated carbocycles. The number of rotatable bonds is 3. The Labute approximate surface area is 102 Å². The molecule has 6 heteroatoms. The molecule has 0 aliphatic carbocycles. The van der Waals surface area contributed by atoms with Gasteiger partial charge in [0, 0.05) is 0 Å². The standard InChI is InChI=1S/C10H9ClF3NS/c1-6(15-5-16)7-3-2-4-8(9(7)11)10(12,13)14/h2-6H,1H3,(H,15,16). The second-order valence-electron chi connectivity index (χ2n) is 3.21. The van der Waals surface area contributed by atoms with E-state index in [9.17, 15) is 13.2 Å². The third-order valence-corrected chi connectivity index (χ3v) is 2.68. The van der Waals surface area contributed by atoms with Crippen LogP contribution >= 0.6 is 23.8 Å². The first-order valence-corrected chi connectivity index (χ1v) is 5.28. The van der Waals surface area contributed by atoms with Gasteiger partial charge in [0.25, 0.3) is 0 Å². The minimum absolute atomic E-state index is 0.285. The van der Waals surface area contributed by atoms with Gasteiger partial charge in [0.05, 0.1) is 22.1 Å². The van der Waals surface area contributed by atoms with Crippen molar-refractivity contribution < 1.29 is 13.2 Å². The highest BCUT2D eigenvalue weighted by Gasteiger charge is 2.34. The molecule has 0 aliphatic rings. The van der Waals surface area contributed by atoms with Gasteiger partial charge >= 0.3 is 6.18 Å². The van der Waals surface area contributed by atoms with E-state index in [1.165, 1.54) is 17.6 Å². The van der Waals surface area contributed by atoms with Crippen LogP contribution in [0.2, 0.25) is 5.02 Å². The Morgan fingerprint density at radius 1 is 1.44 bits per heavy atom. The molecule has 1 aromatic rings. The number of hydrogen-bond acceptors (Lipinski definition) is 1. The first kappa shape index (κ1) is 13.3. The summed E-state index contributed by atoms with van der Waals surface area (Å²) in [5, 5.41) is 2.43. The molecule has 0 bridgehead atoms. The molecule has 16 heavy (non-hydrogen) atoms. The summed E-state index contributed by atoms with van der Waals surface area (Å²) >= 11 is 10.3. The molecule has 1 N–H and O–H groups in total. The fourth-order valence-corrected chi connectivity index (χ4v) is 1.90. The van der Waals surface area contributed by atoms with Crippen LogP contribution in [0.15, 0.2) is 18.2 Å². The number of alkyl halides is 3. The van der Waals surface area contributed by atoms with Gasteiger partial charge in [-0.1, -0.05) is 36.0 Å². The van der Waals surface area contributed by atoms with Crippen LogP contribution in [-0.4, -0.2) is 5.49 Å². The topological polar surface area (TPSA) is 12.0 Å². The number of nitrogens with one attached hydrogen (secondary N) is 1. The molecule has 0 aromatic heterocycles. The third kappa shape index (κ3) is 2.86. The van der Waals surface area contributed by atoms with Gasteiger partial charge in [-0.15, -0.1) is 0 Å². The van der Waals surface area contributed by atoms with Crippen LogP contribution in [0, 0.1) is 0 Å². The summed E-state index contributed by atoms with van der Waals surface area (Å²) < 4.78 is 37.6. The molecule has 0 aliphatic heterocycles. The summed E-state index contributed by atoms with van der Waals surface area (Å²) in [6.45, 7) is 1.68. The lowest BCUT2D eigenvalue weighted by atomic mass is 10.0. The van der Waals surface area contributed by atoms with E-state index in [4.69, 9.17) is 11.6 Å². The average molecular weight is 268 g/mol. The van der Waals surface area contributed by atoms with Gasteiger partial charge in [0.15, 0.2) is 0 Å². The Morgan fingerprint density at radius 2 is 2.06 bits per heavy atom. The van der Waals surface area contributed by atoms with Crippen molar-refractivity contribution in [2.24, 2.45) is 0 Å². The van der Waals surface area contributed by atoms with Crippen LogP contribution in [0.3, 0.4) is 0 Å². The summed E-state index contributed by atoms with van der Waals surface area (Å²) in [4.78, 5) is 0. The van der Waals surface area contributed by atoms with E-state index in [0.717, 1.165) is 6.07 Å². The molecule has 0 spiro atoms. The lowest BCUT2D eigenvalue weighted by Gasteiger charge is -2.17. The number of benzene rings is 1. The van der Waals surface area contributed by atoms with E-state index < -0.39 is 11.7 Å². The molecule has 88 valence electrons. The van der Waals surface area contributed by atoms with Crippen molar-refractivity contribution >= 4 is 29.3 Å². The lowest BCUT2D eigenvalue weighted by Crippen LogP contribution is -2.17. The van der Waals surface area contributed by atoms with Crippen LogP contribution in [0.1, 0.15) is 24.1 Å². The number of halogens is 4. The fourth-order valence-electron chi connectivity index (χ4n) is 1.30. The Kier molecular flexibility index (Phi) is 4.15. The summed E-state index contributed by atoms with van der Waals surface area (Å²) in [6, 6.07) is 3.46. The Hall–Kier alpha value is -0.810. The van der Waals surface area contributed by atoms with Gasteiger partial charge in [-0.05, 0) is 18.6 Å². The smallest absolute Gasteiger partial charge is 0.376 e. The van der Waals surface area contributed by atoms with Gasteiger partial charge < -0.3 is 5.32 Å². The van der Waals surface area contributed by atoms with E-state index in [2.05, 4.69) is 17.5 Å². The zero-order valence-corrected chi connectivity index (χ0v) is 9.88. The third-order valence-electron chi connectivity index (χ3n) is 2.12. The molecule has 0 fully saturated rings. The Balaban J connectivity index is 3.18. The van der Waals surface area contributed by atoms with Crippen LogP contribution in [0.4, 0.5) is 13.2 Å². The Bertz CT molecular complexity index is 392. The van der Waals surface area contributed by atoms with Crippen LogP contribution in [-0.2, 0) is 6.18 Å². The molecular formula is C10H9ClF3NS. The highest BCUT2D eigenvalue weighted by atomic mass is 35.5. The maximum absolute atomic E-state index is 12.5. The van der Waals surface area contributed by atoms with Crippen molar-refractivity contribution in [3.8, 4) is 0 Å². The molecule has 1 atom stereocenters. The van der Waals surface area contributed by atoms with E-state index in [0.29, 0.717) is 5.56 Å². The molecule has 0 radical (unpaired) electrons. The molecule has 0 saturated heterocycles. The van der Waals surface area contributed by atoms with E-state index in [1.54, 1.807) is 6.92 Å². The van der Waals surface area contributed by atoms with Crippen molar-refractivity contribution in [2.75, 3.05) is 0 Å². The quantitative estimate of drug-likeness (QED) is 0.832. The van der Waals surface area contributed by atoms with Crippen molar-refractivity contribution in [2.45, 2.75) is 19.1 Å². The highest BCUT2D eigenvalue weighted by molar-refractivity contribution is 7.78. The largest absolute Gasteiger partial charge is 0.417 e. The first-order valence-electron chi connectivity index (χ1n) is 4.43. The molecule has 1 rings (SSSR count). The molecule has 1 unspecified atom stereocenters. The fraction of sp³-hybridized carbons (Fsp3) is 0.300. The second-order valence-corrected chi connectivity index (χ2v) is 3.83. The zero-order valence-electron chi connectivity index (χ0n) is 8.31. The van der Waals surface area contributed by atoms with E-state index >= 15 is 0 Å². The summed E-state index contributed by atoms with van der Waals surface area (Å²) in [5.41, 5.74) is 0.795. The number of hydrogen-bond donors (Lipinski definition) is 1. The van der Waals surface area contributed by atoms with Crippen LogP contribution < -0.4 is 5.32 Å². The zero-order chi connectivity index (χ0) is 12.3. The first-order chi connectivity index (χ1) is 7.38. The minimum Gasteiger partial charge on any atom is -0.376 e. The van der Waals surface area contributed by atoms with Gasteiger partial charge in [-0.3, -0.25) is 0 Å². The minimum atomic E-state index is -4.44. The van der Waals surface area contributed by atoms with Crippen molar-refractivity contribution in [1.82, 2.24) is 5.32 Å². The van der Waals surface area contributed by atoms with E-state index in [-0.39, 0.29) is 11.1 Å². The predicted octanol–water partition coefficient (Wildman–Crippen LogP) is 3.97.